The van der Waals surface area contributed by atoms with Crippen LogP contribution in [0.25, 0.3) is 0 Å². The maximum Gasteiger partial charge on any atom is 0.0835 e. The third-order valence-electron chi connectivity index (χ3n) is 2.02. The van der Waals surface area contributed by atoms with Gasteiger partial charge in [-0.05, 0) is 12.5 Å². The Morgan fingerprint density at radius 2 is 2.10 bits per heavy atom. The van der Waals surface area contributed by atoms with Crippen LogP contribution in [0, 0.1) is 5.41 Å². The first-order chi connectivity index (χ1) is 4.54. The maximum absolute atomic E-state index is 9.59. The lowest BCUT2D eigenvalue weighted by Gasteiger charge is -2.30. The van der Waals surface area contributed by atoms with Gasteiger partial charge >= 0.3 is 0 Å². The molecule has 0 aromatic carbocycles. The lowest BCUT2D eigenvalue weighted by molar-refractivity contribution is 0.113. The Kier molecular flexibility index (Phi) is 1.69. The van der Waals surface area contributed by atoms with E-state index >= 15 is 0 Å². The minimum absolute atomic E-state index is 0.0845. The molecule has 0 aromatic heterocycles. The van der Waals surface area contributed by atoms with Crippen molar-refractivity contribution in [2.75, 3.05) is 0 Å². The van der Waals surface area contributed by atoms with Crippen molar-refractivity contribution in [1.82, 2.24) is 0 Å². The summed E-state index contributed by atoms with van der Waals surface area (Å²) in [6.45, 7) is 6.02. The average Bonchev–Trinajstić information content (AvgIpc) is 1.83. The van der Waals surface area contributed by atoms with Crippen LogP contribution < -0.4 is 0 Å². The number of hydrogen-bond acceptors (Lipinski definition) is 1. The summed E-state index contributed by atoms with van der Waals surface area (Å²) in [7, 11) is 0. The molecule has 0 radical (unpaired) electrons. The normalized spacial score (nSPS) is 30.0. The van der Waals surface area contributed by atoms with Gasteiger partial charge in [0, 0.05) is 5.41 Å². The molecule has 1 heteroatoms. The van der Waals surface area contributed by atoms with Gasteiger partial charge in [-0.2, -0.15) is 0 Å². The molecule has 1 rings (SSSR count). The van der Waals surface area contributed by atoms with Gasteiger partial charge in [0.05, 0.1) is 6.10 Å². The fourth-order valence-electron chi connectivity index (χ4n) is 1.22. The molecule has 1 atom stereocenters. The summed E-state index contributed by atoms with van der Waals surface area (Å²) in [5.41, 5.74) is 0.964. The minimum Gasteiger partial charge on any atom is -0.388 e. The van der Waals surface area contributed by atoms with Gasteiger partial charge in [0.15, 0.2) is 0 Å². The Morgan fingerprint density at radius 3 is 2.50 bits per heavy atom. The van der Waals surface area contributed by atoms with E-state index in [2.05, 4.69) is 0 Å². The number of aliphatic hydroxyl groups excluding tert-OH is 1. The van der Waals surface area contributed by atoms with Crippen LogP contribution in [-0.4, -0.2) is 11.2 Å². The molecule has 1 N–H and O–H groups in total. The van der Waals surface area contributed by atoms with E-state index in [4.69, 9.17) is 0 Å². The summed E-state index contributed by atoms with van der Waals surface area (Å²) >= 11 is 0. The molecule has 0 heterocycles. The van der Waals surface area contributed by atoms with E-state index in [1.165, 1.54) is 0 Å². The molecule has 10 heavy (non-hydrogen) atoms. The van der Waals surface area contributed by atoms with Crippen LogP contribution in [0.1, 0.15) is 20.8 Å². The highest BCUT2D eigenvalue weighted by Gasteiger charge is 2.27. The Balaban J connectivity index is 2.89. The molecule has 0 amide bonds. The highest BCUT2D eigenvalue weighted by Crippen LogP contribution is 2.30. The summed E-state index contributed by atoms with van der Waals surface area (Å²) in [5.74, 6) is 0. The Bertz CT molecular complexity index is 187. The largest absolute Gasteiger partial charge is 0.388 e. The first-order valence-electron chi connectivity index (χ1n) is 3.58. The van der Waals surface area contributed by atoms with Crippen molar-refractivity contribution in [3.05, 3.63) is 23.8 Å². The van der Waals surface area contributed by atoms with Crippen molar-refractivity contribution >= 4 is 0 Å². The molecular formula is C9H14O. The quantitative estimate of drug-likeness (QED) is 0.542. The molecule has 0 saturated carbocycles. The van der Waals surface area contributed by atoms with Gasteiger partial charge in [0.25, 0.3) is 0 Å². The standard InChI is InChI=1S/C9H14O/c1-7-5-4-6-9(2,3)8(7)10/h4-6,8,10H,1-3H3. The van der Waals surface area contributed by atoms with Crippen LogP contribution in [-0.2, 0) is 0 Å². The third-order valence-corrected chi connectivity index (χ3v) is 2.02. The average molecular weight is 138 g/mol. The predicted molar refractivity (Wildman–Crippen MR) is 42.7 cm³/mol. The van der Waals surface area contributed by atoms with E-state index in [1.54, 1.807) is 0 Å². The summed E-state index contributed by atoms with van der Waals surface area (Å²) in [5, 5.41) is 9.59. The van der Waals surface area contributed by atoms with Gasteiger partial charge in [0.1, 0.15) is 0 Å². The van der Waals surface area contributed by atoms with E-state index in [-0.39, 0.29) is 11.5 Å². The van der Waals surface area contributed by atoms with Crippen LogP contribution in [0.4, 0.5) is 0 Å². The molecule has 1 unspecified atom stereocenters. The smallest absolute Gasteiger partial charge is 0.0835 e. The summed E-state index contributed by atoms with van der Waals surface area (Å²) < 4.78 is 0. The summed E-state index contributed by atoms with van der Waals surface area (Å²) in [6.07, 6.45) is 5.68. The monoisotopic (exact) mass is 138 g/mol. The van der Waals surface area contributed by atoms with E-state index in [1.807, 2.05) is 39.0 Å². The Labute approximate surface area is 62.1 Å². The topological polar surface area (TPSA) is 20.2 Å². The van der Waals surface area contributed by atoms with Gasteiger partial charge in [-0.1, -0.05) is 32.1 Å². The summed E-state index contributed by atoms with van der Waals surface area (Å²) in [4.78, 5) is 0. The molecule has 0 aliphatic heterocycles. The SMILES string of the molecule is CC1=CC=CC(C)(C)C1O. The predicted octanol–water partition coefficient (Wildman–Crippen LogP) is 1.89. The van der Waals surface area contributed by atoms with Crippen LogP contribution in [0.15, 0.2) is 23.8 Å². The second kappa shape index (κ2) is 2.24. The van der Waals surface area contributed by atoms with Crippen molar-refractivity contribution in [2.45, 2.75) is 26.9 Å². The molecule has 0 fully saturated rings. The molecule has 1 nitrogen and oxygen atoms in total. The maximum atomic E-state index is 9.59. The van der Waals surface area contributed by atoms with Crippen molar-refractivity contribution in [3.63, 3.8) is 0 Å². The third kappa shape index (κ3) is 1.14. The van der Waals surface area contributed by atoms with Crippen LogP contribution in [0.2, 0.25) is 0 Å². The van der Waals surface area contributed by atoms with Crippen molar-refractivity contribution in [3.8, 4) is 0 Å². The molecule has 1 aliphatic carbocycles. The summed E-state index contributed by atoms with van der Waals surface area (Å²) in [6, 6.07) is 0. The van der Waals surface area contributed by atoms with E-state index in [0.29, 0.717) is 0 Å². The lowest BCUT2D eigenvalue weighted by Crippen LogP contribution is -2.29. The zero-order valence-corrected chi connectivity index (χ0v) is 6.76. The molecule has 0 aromatic rings. The van der Waals surface area contributed by atoms with Gasteiger partial charge in [0.2, 0.25) is 0 Å². The van der Waals surface area contributed by atoms with Gasteiger partial charge in [-0.25, -0.2) is 0 Å². The van der Waals surface area contributed by atoms with Crippen molar-refractivity contribution in [2.24, 2.45) is 5.41 Å². The highest BCUT2D eigenvalue weighted by molar-refractivity contribution is 5.25. The fraction of sp³-hybridized carbons (Fsp3) is 0.556. The number of hydrogen-bond donors (Lipinski definition) is 1. The van der Waals surface area contributed by atoms with Crippen LogP contribution >= 0.6 is 0 Å². The molecule has 56 valence electrons. The second-order valence-corrected chi connectivity index (χ2v) is 3.49. The van der Waals surface area contributed by atoms with E-state index < -0.39 is 0 Å². The highest BCUT2D eigenvalue weighted by atomic mass is 16.3. The fourth-order valence-corrected chi connectivity index (χ4v) is 1.22. The molecular weight excluding hydrogens is 124 g/mol. The number of allylic oxidation sites excluding steroid dienone is 2. The van der Waals surface area contributed by atoms with Gasteiger partial charge in [-0.3, -0.25) is 0 Å². The molecule has 0 spiro atoms. The minimum atomic E-state index is -0.308. The van der Waals surface area contributed by atoms with Gasteiger partial charge in [-0.15, -0.1) is 0 Å². The van der Waals surface area contributed by atoms with E-state index in [0.717, 1.165) is 5.57 Å². The van der Waals surface area contributed by atoms with Crippen LogP contribution in [0.3, 0.4) is 0 Å². The zero-order valence-electron chi connectivity index (χ0n) is 6.76. The second-order valence-electron chi connectivity index (χ2n) is 3.49. The number of rotatable bonds is 0. The number of aliphatic hydroxyl groups is 1. The van der Waals surface area contributed by atoms with Crippen LogP contribution in [0.5, 0.6) is 0 Å². The zero-order chi connectivity index (χ0) is 7.78. The lowest BCUT2D eigenvalue weighted by atomic mass is 9.80. The van der Waals surface area contributed by atoms with Crippen molar-refractivity contribution < 1.29 is 5.11 Å². The first-order valence-corrected chi connectivity index (χ1v) is 3.58. The molecule has 0 saturated heterocycles. The Morgan fingerprint density at radius 1 is 1.50 bits per heavy atom. The van der Waals surface area contributed by atoms with E-state index in [9.17, 15) is 5.11 Å². The molecule has 1 aliphatic rings. The van der Waals surface area contributed by atoms with Crippen molar-refractivity contribution in [1.29, 1.82) is 0 Å². The molecule has 0 bridgehead atoms. The Hall–Kier alpha value is -0.560. The first kappa shape index (κ1) is 7.55. The van der Waals surface area contributed by atoms with Gasteiger partial charge < -0.3 is 5.11 Å².